The first kappa shape index (κ1) is 15.6. The molecule has 2 saturated carbocycles. The van der Waals surface area contributed by atoms with Crippen molar-refractivity contribution in [3.8, 4) is 0 Å². The molecule has 0 N–H and O–H groups in total. The predicted molar refractivity (Wildman–Crippen MR) is 92.7 cm³/mol. The van der Waals surface area contributed by atoms with Crippen LogP contribution in [0.2, 0.25) is 0 Å². The van der Waals surface area contributed by atoms with Gasteiger partial charge in [-0.15, -0.1) is 0 Å². The number of fused-ring (bicyclic) bond motifs is 3. The molecule has 4 rings (SSSR count). The van der Waals surface area contributed by atoms with E-state index in [1.54, 1.807) is 11.8 Å². The van der Waals surface area contributed by atoms with E-state index in [-0.39, 0.29) is 22.0 Å². The topological polar surface area (TPSA) is 42.9 Å². The fourth-order valence-electron chi connectivity index (χ4n) is 5.09. The van der Waals surface area contributed by atoms with Crippen LogP contribution in [0.5, 0.6) is 0 Å². The average Bonchev–Trinajstić information content (AvgIpc) is 2.81. The van der Waals surface area contributed by atoms with E-state index in [4.69, 9.17) is 9.97 Å². The highest BCUT2D eigenvalue weighted by Crippen LogP contribution is 2.67. The third-order valence-corrected chi connectivity index (χ3v) is 8.45. The molecule has 1 heterocycles. The molecule has 23 heavy (non-hydrogen) atoms. The van der Waals surface area contributed by atoms with Gasteiger partial charge in [0.15, 0.2) is 5.16 Å². The molecule has 2 fully saturated rings. The number of aryl methyl sites for hydroxylation is 2. The Hall–Kier alpha value is -0.900. The minimum absolute atomic E-state index is 0.0253. The van der Waals surface area contributed by atoms with Crippen LogP contribution in [-0.4, -0.2) is 21.0 Å². The third kappa shape index (κ3) is 2.06. The lowest BCUT2D eigenvalue weighted by atomic mass is 9.71. The normalized spacial score (nSPS) is 34.7. The summed E-state index contributed by atoms with van der Waals surface area (Å²) in [6.07, 6.45) is 6.86. The Morgan fingerprint density at radius 1 is 1.13 bits per heavy atom. The highest BCUT2D eigenvalue weighted by molar-refractivity contribution is 8.00. The Morgan fingerprint density at radius 2 is 1.87 bits per heavy atom. The van der Waals surface area contributed by atoms with Crippen LogP contribution < -0.4 is 0 Å². The van der Waals surface area contributed by atoms with Crippen molar-refractivity contribution in [1.82, 2.24) is 9.97 Å². The van der Waals surface area contributed by atoms with Crippen molar-refractivity contribution in [2.24, 2.45) is 16.7 Å². The van der Waals surface area contributed by atoms with Crippen molar-refractivity contribution in [2.75, 3.05) is 0 Å². The molecular weight excluding hydrogens is 304 g/mol. The van der Waals surface area contributed by atoms with Crippen molar-refractivity contribution in [1.29, 1.82) is 0 Å². The van der Waals surface area contributed by atoms with Gasteiger partial charge in [-0.2, -0.15) is 0 Å². The van der Waals surface area contributed by atoms with Crippen LogP contribution in [0.1, 0.15) is 63.4 Å². The summed E-state index contributed by atoms with van der Waals surface area (Å²) < 4.78 is 0. The van der Waals surface area contributed by atoms with Gasteiger partial charge in [-0.3, -0.25) is 4.79 Å². The highest BCUT2D eigenvalue weighted by Gasteiger charge is 2.66. The smallest absolute Gasteiger partial charge is 0.188 e. The zero-order valence-electron chi connectivity index (χ0n) is 14.6. The number of Topliss-reactive ketones (excluding diaryl/α,β-unsaturated/α-hetero) is 1. The van der Waals surface area contributed by atoms with Gasteiger partial charge < -0.3 is 0 Å². The molecule has 0 amide bonds. The Labute approximate surface area is 143 Å². The van der Waals surface area contributed by atoms with Crippen LogP contribution in [0.25, 0.3) is 0 Å². The van der Waals surface area contributed by atoms with E-state index in [0.29, 0.717) is 5.78 Å². The second kappa shape index (κ2) is 5.05. The van der Waals surface area contributed by atoms with E-state index in [0.717, 1.165) is 36.5 Å². The van der Waals surface area contributed by atoms with E-state index in [2.05, 4.69) is 27.7 Å². The van der Waals surface area contributed by atoms with Gasteiger partial charge in [0.1, 0.15) is 5.78 Å². The number of nitrogens with zero attached hydrogens (tertiary/aromatic N) is 2. The number of thioether (sulfide) groups is 1. The Morgan fingerprint density at radius 3 is 2.57 bits per heavy atom. The second-order valence-corrected chi connectivity index (χ2v) is 9.43. The molecule has 0 saturated heterocycles. The molecule has 3 atom stereocenters. The minimum atomic E-state index is 0.0253. The summed E-state index contributed by atoms with van der Waals surface area (Å²) in [7, 11) is 0. The lowest BCUT2D eigenvalue weighted by Gasteiger charge is -2.37. The maximum Gasteiger partial charge on any atom is 0.188 e. The van der Waals surface area contributed by atoms with Gasteiger partial charge >= 0.3 is 0 Å². The number of aromatic nitrogens is 2. The lowest BCUT2D eigenvalue weighted by molar-refractivity contribution is -0.122. The van der Waals surface area contributed by atoms with Crippen LogP contribution in [0, 0.1) is 23.7 Å². The molecule has 0 unspecified atom stereocenters. The van der Waals surface area contributed by atoms with E-state index >= 15 is 0 Å². The molecule has 0 aliphatic heterocycles. The van der Waals surface area contributed by atoms with E-state index in [1.165, 1.54) is 24.1 Å². The Bertz CT molecular complexity index is 684. The molecule has 1 aromatic rings. The molecule has 3 aliphatic carbocycles. The van der Waals surface area contributed by atoms with Crippen molar-refractivity contribution >= 4 is 17.5 Å². The van der Waals surface area contributed by atoms with Crippen LogP contribution in [0.3, 0.4) is 0 Å². The summed E-state index contributed by atoms with van der Waals surface area (Å²) in [6.45, 7) is 8.97. The Balaban J connectivity index is 1.67. The van der Waals surface area contributed by atoms with E-state index in [9.17, 15) is 4.79 Å². The zero-order chi connectivity index (χ0) is 16.4. The summed E-state index contributed by atoms with van der Waals surface area (Å²) in [5.74, 6) is 0.663. The van der Waals surface area contributed by atoms with Crippen LogP contribution in [-0.2, 0) is 17.6 Å². The number of hydrogen-bond acceptors (Lipinski definition) is 4. The van der Waals surface area contributed by atoms with Gasteiger partial charge in [-0.05, 0) is 61.8 Å². The van der Waals surface area contributed by atoms with Crippen LogP contribution in [0.15, 0.2) is 5.16 Å². The van der Waals surface area contributed by atoms with Crippen molar-refractivity contribution in [2.45, 2.75) is 76.6 Å². The number of ketones is 1. The molecule has 3 aliphatic rings. The van der Waals surface area contributed by atoms with Gasteiger partial charge in [0.25, 0.3) is 0 Å². The molecule has 3 nitrogen and oxygen atoms in total. The molecule has 2 bridgehead atoms. The molecule has 0 spiro atoms. The molecule has 124 valence electrons. The molecular formula is C19H26N2OS. The largest absolute Gasteiger partial charge is 0.298 e. The summed E-state index contributed by atoms with van der Waals surface area (Å²) in [4.78, 5) is 22.5. The van der Waals surface area contributed by atoms with E-state index < -0.39 is 0 Å². The number of carbonyl (C=O) groups is 1. The van der Waals surface area contributed by atoms with E-state index in [1.807, 2.05) is 0 Å². The van der Waals surface area contributed by atoms with Gasteiger partial charge in [0.2, 0.25) is 0 Å². The standard InChI is InChI=1S/C19H26N2OS/c1-11-12-7-5-6-8-14(12)21-17(20-11)23-16-15(22)13-9-10-19(16,4)18(13,2)3/h13,16H,5-10H2,1-4H3/t13-,16+,19+/m1/s1. The average molecular weight is 330 g/mol. The number of carbonyl (C=O) groups excluding carboxylic acids is 1. The van der Waals surface area contributed by atoms with Gasteiger partial charge in [0, 0.05) is 17.3 Å². The minimum Gasteiger partial charge on any atom is -0.298 e. The maximum absolute atomic E-state index is 12.9. The van der Waals surface area contributed by atoms with Crippen molar-refractivity contribution in [3.63, 3.8) is 0 Å². The lowest BCUT2D eigenvalue weighted by Crippen LogP contribution is -2.35. The first-order valence-electron chi connectivity index (χ1n) is 8.91. The second-order valence-electron chi connectivity index (χ2n) is 8.35. The SMILES string of the molecule is Cc1nc(S[C@H]2C(=O)[C@H]3CC[C@]2(C)C3(C)C)nc2c1CCCC2. The van der Waals surface area contributed by atoms with Crippen molar-refractivity contribution < 1.29 is 4.79 Å². The number of hydrogen-bond donors (Lipinski definition) is 0. The Kier molecular flexibility index (Phi) is 3.43. The highest BCUT2D eigenvalue weighted by atomic mass is 32.2. The van der Waals surface area contributed by atoms with Crippen LogP contribution in [0.4, 0.5) is 0 Å². The van der Waals surface area contributed by atoms with Gasteiger partial charge in [-0.25, -0.2) is 9.97 Å². The first-order valence-corrected chi connectivity index (χ1v) is 9.79. The predicted octanol–water partition coefficient (Wildman–Crippen LogP) is 4.15. The molecule has 4 heteroatoms. The number of rotatable bonds is 2. The molecule has 0 radical (unpaired) electrons. The maximum atomic E-state index is 12.9. The fraction of sp³-hybridized carbons (Fsp3) is 0.737. The summed E-state index contributed by atoms with van der Waals surface area (Å²) in [5.41, 5.74) is 3.88. The quantitative estimate of drug-likeness (QED) is 0.764. The first-order chi connectivity index (χ1) is 10.8. The zero-order valence-corrected chi connectivity index (χ0v) is 15.4. The third-order valence-electron chi connectivity index (χ3n) is 7.07. The van der Waals surface area contributed by atoms with Crippen LogP contribution >= 0.6 is 11.8 Å². The van der Waals surface area contributed by atoms with Gasteiger partial charge in [-0.1, -0.05) is 32.5 Å². The fourth-order valence-corrected chi connectivity index (χ4v) is 6.61. The van der Waals surface area contributed by atoms with Crippen molar-refractivity contribution in [3.05, 3.63) is 17.0 Å². The summed E-state index contributed by atoms with van der Waals surface area (Å²) in [6, 6.07) is 0. The van der Waals surface area contributed by atoms with Gasteiger partial charge in [0.05, 0.1) is 5.25 Å². The molecule has 0 aromatic carbocycles. The molecule has 1 aromatic heterocycles. The summed E-state index contributed by atoms with van der Waals surface area (Å²) >= 11 is 1.64. The monoisotopic (exact) mass is 330 g/mol. The summed E-state index contributed by atoms with van der Waals surface area (Å²) in [5, 5.41) is 0.850.